The summed E-state index contributed by atoms with van der Waals surface area (Å²) < 4.78 is 15.9. The standard InChI is InChI=1S/C17H19FN6O2/c1-10(2)9-24-13-14(23(3)17(26)21-15(13)25)20-16(24)22-19-8-11-4-6-12(18)7-5-11/h4-8,10H,9H2,1-3H3,(H,20,22)(H,21,25,26)/b19-8-. The van der Waals surface area contributed by atoms with Gasteiger partial charge in [-0.3, -0.25) is 14.3 Å². The number of anilines is 1. The van der Waals surface area contributed by atoms with Gasteiger partial charge in [0.25, 0.3) is 5.56 Å². The van der Waals surface area contributed by atoms with Crippen LogP contribution in [-0.2, 0) is 13.6 Å². The van der Waals surface area contributed by atoms with Gasteiger partial charge in [-0.15, -0.1) is 0 Å². The second kappa shape index (κ2) is 6.95. The summed E-state index contributed by atoms with van der Waals surface area (Å²) in [7, 11) is 1.54. The van der Waals surface area contributed by atoms with Crippen LogP contribution < -0.4 is 16.7 Å². The maximum atomic E-state index is 12.9. The van der Waals surface area contributed by atoms with Crippen molar-refractivity contribution in [2.45, 2.75) is 20.4 Å². The zero-order valence-corrected chi connectivity index (χ0v) is 14.7. The van der Waals surface area contributed by atoms with Crippen LogP contribution in [-0.4, -0.2) is 25.3 Å². The van der Waals surface area contributed by atoms with Crippen LogP contribution >= 0.6 is 0 Å². The maximum Gasteiger partial charge on any atom is 0.329 e. The predicted octanol–water partition coefficient (Wildman–Crippen LogP) is 1.66. The van der Waals surface area contributed by atoms with Gasteiger partial charge in [-0.25, -0.2) is 14.6 Å². The molecule has 8 nitrogen and oxygen atoms in total. The Morgan fingerprint density at radius 3 is 2.65 bits per heavy atom. The molecular formula is C17H19FN6O2. The Hall–Kier alpha value is -3.23. The molecule has 0 radical (unpaired) electrons. The smallest absolute Gasteiger partial charge is 0.303 e. The Morgan fingerprint density at radius 1 is 1.31 bits per heavy atom. The Morgan fingerprint density at radius 2 is 2.00 bits per heavy atom. The van der Waals surface area contributed by atoms with E-state index in [0.717, 1.165) is 0 Å². The molecule has 0 unspecified atom stereocenters. The first-order valence-corrected chi connectivity index (χ1v) is 8.11. The summed E-state index contributed by atoms with van der Waals surface area (Å²) in [6.45, 7) is 4.54. The van der Waals surface area contributed by atoms with Gasteiger partial charge in [0.2, 0.25) is 5.95 Å². The van der Waals surface area contributed by atoms with Crippen LogP contribution in [0, 0.1) is 11.7 Å². The lowest BCUT2D eigenvalue weighted by atomic mass is 10.2. The lowest BCUT2D eigenvalue weighted by Crippen LogP contribution is -2.29. The molecule has 9 heteroatoms. The summed E-state index contributed by atoms with van der Waals surface area (Å²) in [5, 5.41) is 4.11. The molecule has 0 aliphatic heterocycles. The molecule has 0 saturated heterocycles. The number of nitrogens with zero attached hydrogens (tertiary/aromatic N) is 4. The summed E-state index contributed by atoms with van der Waals surface area (Å²) in [6, 6.07) is 5.85. The van der Waals surface area contributed by atoms with Gasteiger partial charge in [0.15, 0.2) is 11.2 Å². The van der Waals surface area contributed by atoms with Crippen molar-refractivity contribution < 1.29 is 4.39 Å². The molecule has 2 N–H and O–H groups in total. The van der Waals surface area contributed by atoms with Gasteiger partial charge in [-0.2, -0.15) is 10.1 Å². The Kier molecular flexibility index (Phi) is 4.70. The summed E-state index contributed by atoms with van der Waals surface area (Å²) in [5.41, 5.74) is 3.07. The molecule has 3 rings (SSSR count). The molecule has 3 aromatic rings. The van der Waals surface area contributed by atoms with Gasteiger partial charge in [-0.05, 0) is 23.6 Å². The SMILES string of the molecule is CC(C)Cn1c(N/N=C\c2ccc(F)cc2)nc2c1c(=O)[nH]c(=O)n2C. The molecule has 0 fully saturated rings. The Bertz CT molecular complexity index is 1080. The molecule has 26 heavy (non-hydrogen) atoms. The van der Waals surface area contributed by atoms with E-state index in [1.165, 1.54) is 22.9 Å². The molecule has 2 aromatic heterocycles. The van der Waals surface area contributed by atoms with Crippen molar-refractivity contribution in [1.29, 1.82) is 0 Å². The maximum absolute atomic E-state index is 12.9. The molecule has 0 bridgehead atoms. The predicted molar refractivity (Wildman–Crippen MR) is 98.0 cm³/mol. The third-order valence-electron chi connectivity index (χ3n) is 3.80. The fraction of sp³-hybridized carbons (Fsp3) is 0.294. The minimum Gasteiger partial charge on any atom is -0.303 e. The molecule has 0 aliphatic carbocycles. The number of hydrogen-bond donors (Lipinski definition) is 2. The van der Waals surface area contributed by atoms with Gasteiger partial charge in [0, 0.05) is 13.6 Å². The van der Waals surface area contributed by atoms with E-state index in [0.29, 0.717) is 23.6 Å². The summed E-state index contributed by atoms with van der Waals surface area (Å²) in [6.07, 6.45) is 1.52. The number of nitrogens with one attached hydrogen (secondary N) is 2. The number of aromatic nitrogens is 4. The van der Waals surface area contributed by atoms with Gasteiger partial charge >= 0.3 is 5.69 Å². The molecular weight excluding hydrogens is 339 g/mol. The second-order valence-corrected chi connectivity index (χ2v) is 6.35. The van der Waals surface area contributed by atoms with Crippen molar-refractivity contribution in [3.63, 3.8) is 0 Å². The molecule has 0 atom stereocenters. The number of halogens is 1. The van der Waals surface area contributed by atoms with Crippen LogP contribution in [0.5, 0.6) is 0 Å². The molecule has 0 aliphatic rings. The van der Waals surface area contributed by atoms with Crippen molar-refractivity contribution >= 4 is 23.3 Å². The minimum atomic E-state index is -0.530. The number of H-pyrrole nitrogens is 1. The third kappa shape index (κ3) is 3.41. The molecule has 136 valence electrons. The van der Waals surface area contributed by atoms with Gasteiger partial charge in [0.05, 0.1) is 6.21 Å². The zero-order chi connectivity index (χ0) is 18.8. The largest absolute Gasteiger partial charge is 0.329 e. The van der Waals surface area contributed by atoms with E-state index in [4.69, 9.17) is 0 Å². The van der Waals surface area contributed by atoms with Crippen molar-refractivity contribution in [3.05, 3.63) is 56.5 Å². The molecule has 0 amide bonds. The van der Waals surface area contributed by atoms with E-state index in [9.17, 15) is 14.0 Å². The number of hydrazone groups is 1. The molecule has 0 spiro atoms. The number of rotatable bonds is 5. The zero-order valence-electron chi connectivity index (χ0n) is 14.7. The van der Waals surface area contributed by atoms with Gasteiger partial charge < -0.3 is 4.57 Å². The van der Waals surface area contributed by atoms with E-state index in [-0.39, 0.29) is 17.4 Å². The van der Waals surface area contributed by atoms with Gasteiger partial charge in [0.1, 0.15) is 5.82 Å². The third-order valence-corrected chi connectivity index (χ3v) is 3.80. The van der Waals surface area contributed by atoms with Crippen molar-refractivity contribution in [2.75, 3.05) is 5.43 Å². The first-order valence-electron chi connectivity index (χ1n) is 8.11. The molecule has 0 saturated carbocycles. The number of fused-ring (bicyclic) bond motifs is 1. The fourth-order valence-electron chi connectivity index (χ4n) is 2.58. The number of hydrogen-bond acceptors (Lipinski definition) is 5. The van der Waals surface area contributed by atoms with E-state index in [1.807, 2.05) is 13.8 Å². The molecule has 1 aromatic carbocycles. The highest BCUT2D eigenvalue weighted by Gasteiger charge is 2.17. The van der Waals surface area contributed by atoms with Crippen LogP contribution in [0.3, 0.4) is 0 Å². The highest BCUT2D eigenvalue weighted by Crippen LogP contribution is 2.17. The topological polar surface area (TPSA) is 97.1 Å². The van der Waals surface area contributed by atoms with Crippen molar-refractivity contribution in [1.82, 2.24) is 19.1 Å². The lowest BCUT2D eigenvalue weighted by molar-refractivity contribution is 0.535. The average Bonchev–Trinajstić information content (AvgIpc) is 2.93. The second-order valence-electron chi connectivity index (χ2n) is 6.35. The molecule has 2 heterocycles. The van der Waals surface area contributed by atoms with Crippen LogP contribution in [0.25, 0.3) is 11.2 Å². The average molecular weight is 358 g/mol. The van der Waals surface area contributed by atoms with E-state index in [2.05, 4.69) is 20.5 Å². The number of aryl methyl sites for hydroxylation is 1. The fourth-order valence-corrected chi connectivity index (χ4v) is 2.58. The van der Waals surface area contributed by atoms with E-state index >= 15 is 0 Å². The van der Waals surface area contributed by atoms with Crippen molar-refractivity contribution in [3.8, 4) is 0 Å². The summed E-state index contributed by atoms with van der Waals surface area (Å²) in [5.74, 6) is 0.262. The minimum absolute atomic E-state index is 0.241. The number of benzene rings is 1. The highest BCUT2D eigenvalue weighted by atomic mass is 19.1. The van der Waals surface area contributed by atoms with Gasteiger partial charge in [-0.1, -0.05) is 26.0 Å². The highest BCUT2D eigenvalue weighted by molar-refractivity contribution is 5.80. The normalized spacial score (nSPS) is 11.7. The van der Waals surface area contributed by atoms with Crippen molar-refractivity contribution in [2.24, 2.45) is 18.1 Å². The van der Waals surface area contributed by atoms with Crippen LogP contribution in [0.15, 0.2) is 39.0 Å². The van der Waals surface area contributed by atoms with E-state index < -0.39 is 11.2 Å². The first-order chi connectivity index (χ1) is 12.4. The summed E-state index contributed by atoms with van der Waals surface area (Å²) in [4.78, 5) is 30.7. The number of imidazole rings is 1. The van der Waals surface area contributed by atoms with E-state index in [1.54, 1.807) is 23.7 Å². The van der Waals surface area contributed by atoms with Crippen LogP contribution in [0.4, 0.5) is 10.3 Å². The monoisotopic (exact) mass is 358 g/mol. The Labute approximate surface area is 148 Å². The summed E-state index contributed by atoms with van der Waals surface area (Å²) >= 11 is 0. The van der Waals surface area contributed by atoms with Crippen LogP contribution in [0.1, 0.15) is 19.4 Å². The number of aromatic amines is 1. The quantitative estimate of drug-likeness (QED) is 0.535. The Balaban J connectivity index is 2.02. The van der Waals surface area contributed by atoms with Crippen LogP contribution in [0.2, 0.25) is 0 Å². The first kappa shape index (κ1) is 17.6. The lowest BCUT2D eigenvalue weighted by Gasteiger charge is -2.10.